The van der Waals surface area contributed by atoms with Crippen molar-refractivity contribution in [2.45, 2.75) is 26.8 Å². The number of amides is 2. The fraction of sp³-hybridized carbons (Fsp3) is 0.316. The summed E-state index contributed by atoms with van der Waals surface area (Å²) in [6.07, 6.45) is 0. The lowest BCUT2D eigenvalue weighted by Gasteiger charge is -2.31. The molecule has 0 bridgehead atoms. The van der Waals surface area contributed by atoms with Gasteiger partial charge in [-0.25, -0.2) is 4.79 Å². The Morgan fingerprint density at radius 3 is 2.05 bits per heavy atom. The van der Waals surface area contributed by atoms with Crippen LogP contribution in [0.15, 0.2) is 60.7 Å². The van der Waals surface area contributed by atoms with Gasteiger partial charge < -0.3 is 10.2 Å². The first-order chi connectivity index (χ1) is 10.6. The number of hydrogen-bond acceptors (Lipinski definition) is 1. The van der Waals surface area contributed by atoms with Crippen molar-refractivity contribution in [3.63, 3.8) is 0 Å². The van der Waals surface area contributed by atoms with E-state index >= 15 is 0 Å². The Kier molecular flexibility index (Phi) is 5.59. The highest BCUT2D eigenvalue weighted by Crippen LogP contribution is 2.22. The number of benzene rings is 2. The minimum Gasteiger partial charge on any atom is -0.318 e. The van der Waals surface area contributed by atoms with Crippen LogP contribution in [0, 0.1) is 5.92 Å². The smallest absolute Gasteiger partial charge is 0.318 e. The average Bonchev–Trinajstić information content (AvgIpc) is 2.53. The van der Waals surface area contributed by atoms with Crippen molar-refractivity contribution in [3.8, 4) is 0 Å². The Bertz CT molecular complexity index is 581. The van der Waals surface area contributed by atoms with Crippen molar-refractivity contribution in [2.24, 2.45) is 5.92 Å². The first-order valence-corrected chi connectivity index (χ1v) is 7.75. The van der Waals surface area contributed by atoms with Crippen LogP contribution in [0.1, 0.15) is 32.4 Å². The molecule has 1 atom stereocenters. The molecule has 0 saturated carbocycles. The van der Waals surface area contributed by atoms with Crippen LogP contribution >= 0.6 is 0 Å². The van der Waals surface area contributed by atoms with Crippen molar-refractivity contribution in [1.82, 2.24) is 4.90 Å². The highest BCUT2D eigenvalue weighted by molar-refractivity contribution is 5.89. The summed E-state index contributed by atoms with van der Waals surface area (Å²) in [7, 11) is 0. The number of para-hydroxylation sites is 1. The van der Waals surface area contributed by atoms with Gasteiger partial charge in [0.1, 0.15) is 0 Å². The van der Waals surface area contributed by atoms with Gasteiger partial charge in [-0.1, -0.05) is 62.4 Å². The van der Waals surface area contributed by atoms with E-state index in [4.69, 9.17) is 0 Å². The molecule has 0 radical (unpaired) electrons. The van der Waals surface area contributed by atoms with Gasteiger partial charge in [-0.2, -0.15) is 0 Å². The quantitative estimate of drug-likeness (QED) is 0.833. The molecular formula is C19H24N2O. The standard InChI is InChI=1S/C19H24N2O/c1-15(2)14-21(16(3)17-10-6-4-7-11-17)19(22)20-18-12-8-5-9-13-18/h4-13,15-16H,14H2,1-3H3,(H,20,22)/t16-/m1/s1. The molecule has 3 nitrogen and oxygen atoms in total. The number of anilines is 1. The molecule has 0 aliphatic heterocycles. The third kappa shape index (κ3) is 4.35. The first kappa shape index (κ1) is 16.1. The second-order valence-electron chi connectivity index (χ2n) is 5.93. The fourth-order valence-corrected chi connectivity index (χ4v) is 2.44. The molecule has 0 spiro atoms. The second-order valence-corrected chi connectivity index (χ2v) is 5.93. The van der Waals surface area contributed by atoms with Crippen molar-refractivity contribution < 1.29 is 4.79 Å². The molecule has 1 N–H and O–H groups in total. The second kappa shape index (κ2) is 7.64. The molecule has 0 aromatic heterocycles. The number of carbonyl (C=O) groups is 1. The third-order valence-corrected chi connectivity index (χ3v) is 3.60. The largest absolute Gasteiger partial charge is 0.322 e. The summed E-state index contributed by atoms with van der Waals surface area (Å²) >= 11 is 0. The van der Waals surface area contributed by atoms with Gasteiger partial charge in [-0.05, 0) is 30.5 Å². The van der Waals surface area contributed by atoms with E-state index in [0.717, 1.165) is 11.3 Å². The molecular weight excluding hydrogens is 272 g/mol. The summed E-state index contributed by atoms with van der Waals surface area (Å²) in [6.45, 7) is 7.04. The predicted octanol–water partition coefficient (Wildman–Crippen LogP) is 4.94. The number of rotatable bonds is 5. The van der Waals surface area contributed by atoms with Gasteiger partial charge in [0.05, 0.1) is 6.04 Å². The number of carbonyl (C=O) groups excluding carboxylic acids is 1. The van der Waals surface area contributed by atoms with Crippen LogP contribution in [0.5, 0.6) is 0 Å². The van der Waals surface area contributed by atoms with E-state index in [1.807, 2.05) is 53.4 Å². The number of hydrogen-bond donors (Lipinski definition) is 1. The van der Waals surface area contributed by atoms with Gasteiger partial charge in [0.25, 0.3) is 0 Å². The zero-order valence-corrected chi connectivity index (χ0v) is 13.5. The van der Waals surface area contributed by atoms with Gasteiger partial charge in [-0.3, -0.25) is 0 Å². The van der Waals surface area contributed by atoms with Crippen LogP contribution in [0.25, 0.3) is 0 Å². The molecule has 2 rings (SSSR count). The normalized spacial score (nSPS) is 12.0. The number of nitrogens with one attached hydrogen (secondary N) is 1. The Labute approximate surface area is 133 Å². The minimum absolute atomic E-state index is 0.0345. The van der Waals surface area contributed by atoms with Crippen molar-refractivity contribution in [1.29, 1.82) is 0 Å². The molecule has 0 saturated heterocycles. The summed E-state index contributed by atoms with van der Waals surface area (Å²) < 4.78 is 0. The monoisotopic (exact) mass is 296 g/mol. The third-order valence-electron chi connectivity index (χ3n) is 3.60. The van der Waals surface area contributed by atoms with E-state index in [1.54, 1.807) is 0 Å². The summed E-state index contributed by atoms with van der Waals surface area (Å²) in [5, 5.41) is 2.99. The Morgan fingerprint density at radius 1 is 0.955 bits per heavy atom. The zero-order chi connectivity index (χ0) is 15.9. The lowest BCUT2D eigenvalue weighted by Crippen LogP contribution is -2.39. The van der Waals surface area contributed by atoms with Gasteiger partial charge in [0.15, 0.2) is 0 Å². The lowest BCUT2D eigenvalue weighted by molar-refractivity contribution is 0.183. The Balaban J connectivity index is 2.16. The minimum atomic E-state index is -0.0590. The van der Waals surface area contributed by atoms with E-state index < -0.39 is 0 Å². The molecule has 2 aromatic carbocycles. The topological polar surface area (TPSA) is 32.3 Å². The first-order valence-electron chi connectivity index (χ1n) is 7.75. The zero-order valence-electron chi connectivity index (χ0n) is 13.5. The fourth-order valence-electron chi connectivity index (χ4n) is 2.44. The lowest BCUT2D eigenvalue weighted by atomic mass is 10.1. The maximum Gasteiger partial charge on any atom is 0.322 e. The number of urea groups is 1. The molecule has 0 unspecified atom stereocenters. The Morgan fingerprint density at radius 2 is 1.50 bits per heavy atom. The summed E-state index contributed by atoms with van der Waals surface area (Å²) in [5.74, 6) is 0.410. The average molecular weight is 296 g/mol. The van der Waals surface area contributed by atoms with Crippen molar-refractivity contribution in [3.05, 3.63) is 66.2 Å². The van der Waals surface area contributed by atoms with Crippen molar-refractivity contribution in [2.75, 3.05) is 11.9 Å². The highest BCUT2D eigenvalue weighted by Gasteiger charge is 2.22. The molecule has 0 heterocycles. The molecule has 22 heavy (non-hydrogen) atoms. The van der Waals surface area contributed by atoms with Crippen LogP contribution in [0.4, 0.5) is 10.5 Å². The number of nitrogens with zero attached hydrogens (tertiary/aromatic N) is 1. The van der Waals surface area contributed by atoms with Crippen LogP contribution in [0.2, 0.25) is 0 Å². The van der Waals surface area contributed by atoms with Crippen LogP contribution in [-0.4, -0.2) is 17.5 Å². The predicted molar refractivity (Wildman–Crippen MR) is 91.9 cm³/mol. The molecule has 116 valence electrons. The van der Waals surface area contributed by atoms with E-state index in [-0.39, 0.29) is 12.1 Å². The Hall–Kier alpha value is -2.29. The SMILES string of the molecule is CC(C)CN(C(=O)Nc1ccccc1)[C@H](C)c1ccccc1. The van der Waals surface area contributed by atoms with Gasteiger partial charge in [0.2, 0.25) is 0 Å². The van der Waals surface area contributed by atoms with Crippen LogP contribution in [0.3, 0.4) is 0 Å². The molecule has 0 fully saturated rings. The molecule has 0 aliphatic carbocycles. The van der Waals surface area contributed by atoms with E-state index in [0.29, 0.717) is 12.5 Å². The molecule has 2 amide bonds. The van der Waals surface area contributed by atoms with Gasteiger partial charge in [0, 0.05) is 12.2 Å². The molecule has 2 aromatic rings. The summed E-state index contributed by atoms with van der Waals surface area (Å²) in [5.41, 5.74) is 1.97. The summed E-state index contributed by atoms with van der Waals surface area (Å²) in [4.78, 5) is 14.6. The maximum atomic E-state index is 12.7. The summed E-state index contributed by atoms with van der Waals surface area (Å²) in [6, 6.07) is 19.7. The molecule has 3 heteroatoms. The highest BCUT2D eigenvalue weighted by atomic mass is 16.2. The van der Waals surface area contributed by atoms with Gasteiger partial charge in [-0.15, -0.1) is 0 Å². The van der Waals surface area contributed by atoms with Gasteiger partial charge >= 0.3 is 6.03 Å². The van der Waals surface area contributed by atoms with E-state index in [1.165, 1.54) is 0 Å². The maximum absolute atomic E-state index is 12.7. The van der Waals surface area contributed by atoms with Crippen LogP contribution in [-0.2, 0) is 0 Å². The van der Waals surface area contributed by atoms with E-state index in [9.17, 15) is 4.79 Å². The molecule has 0 aliphatic rings. The van der Waals surface area contributed by atoms with Crippen LogP contribution < -0.4 is 5.32 Å². The van der Waals surface area contributed by atoms with Crippen molar-refractivity contribution >= 4 is 11.7 Å². The van der Waals surface area contributed by atoms with E-state index in [2.05, 4.69) is 38.2 Å².